The first-order valence-electron chi connectivity index (χ1n) is 6.41. The van der Waals surface area contributed by atoms with Crippen molar-refractivity contribution in [1.29, 1.82) is 0 Å². The Kier molecular flexibility index (Phi) is 4.78. The molecule has 1 saturated carbocycles. The van der Waals surface area contributed by atoms with Gasteiger partial charge in [-0.3, -0.25) is 10.1 Å². The van der Waals surface area contributed by atoms with Crippen molar-refractivity contribution in [2.75, 3.05) is 0 Å². The standard InChI is InChI=1S/C12H16N4O3S/c13-11(15-17)8-6-10(16(18)19)12(14-7-8)20-9-4-2-1-3-5-9/h6-7,9,17H,1-5H2,(H2,13,15). The maximum Gasteiger partial charge on any atom is 0.302 e. The predicted octanol–water partition coefficient (Wildman–Crippen LogP) is 2.51. The van der Waals surface area contributed by atoms with Crippen LogP contribution in [0.5, 0.6) is 0 Å². The van der Waals surface area contributed by atoms with Gasteiger partial charge in [0, 0.05) is 23.1 Å². The zero-order valence-electron chi connectivity index (χ0n) is 10.9. The highest BCUT2D eigenvalue weighted by molar-refractivity contribution is 8.00. The first-order valence-corrected chi connectivity index (χ1v) is 7.28. The topological polar surface area (TPSA) is 115 Å². The van der Waals surface area contributed by atoms with Crippen LogP contribution in [0.15, 0.2) is 22.4 Å². The van der Waals surface area contributed by atoms with Gasteiger partial charge in [-0.05, 0) is 12.8 Å². The number of aromatic nitrogens is 1. The average Bonchev–Trinajstić information content (AvgIpc) is 2.47. The van der Waals surface area contributed by atoms with Crippen LogP contribution in [0.1, 0.15) is 37.7 Å². The van der Waals surface area contributed by atoms with E-state index in [0.717, 1.165) is 25.7 Å². The summed E-state index contributed by atoms with van der Waals surface area (Å²) in [5.41, 5.74) is 5.58. The van der Waals surface area contributed by atoms with Crippen molar-refractivity contribution < 1.29 is 10.1 Å². The van der Waals surface area contributed by atoms with E-state index in [-0.39, 0.29) is 17.1 Å². The van der Waals surface area contributed by atoms with Gasteiger partial charge in [0.1, 0.15) is 0 Å². The van der Waals surface area contributed by atoms with Crippen LogP contribution >= 0.6 is 11.8 Å². The van der Waals surface area contributed by atoms with Gasteiger partial charge in [-0.15, -0.1) is 0 Å². The Balaban J connectivity index is 2.25. The van der Waals surface area contributed by atoms with Crippen molar-refractivity contribution in [2.45, 2.75) is 42.4 Å². The summed E-state index contributed by atoms with van der Waals surface area (Å²) in [6.07, 6.45) is 7.07. The number of nitrogens with two attached hydrogens (primary N) is 1. The summed E-state index contributed by atoms with van der Waals surface area (Å²) in [6.45, 7) is 0. The fourth-order valence-electron chi connectivity index (χ4n) is 2.20. The summed E-state index contributed by atoms with van der Waals surface area (Å²) in [6, 6.07) is 1.30. The Morgan fingerprint density at radius 2 is 2.20 bits per heavy atom. The molecule has 108 valence electrons. The lowest BCUT2D eigenvalue weighted by atomic mass is 10.0. The molecule has 0 unspecified atom stereocenters. The van der Waals surface area contributed by atoms with Crippen LogP contribution in [-0.2, 0) is 0 Å². The molecule has 0 atom stereocenters. The number of hydrogen-bond donors (Lipinski definition) is 2. The monoisotopic (exact) mass is 296 g/mol. The van der Waals surface area contributed by atoms with Crippen LogP contribution in [0.4, 0.5) is 5.69 Å². The molecule has 1 fully saturated rings. The van der Waals surface area contributed by atoms with E-state index in [1.807, 2.05) is 0 Å². The zero-order chi connectivity index (χ0) is 14.5. The number of hydrogen-bond acceptors (Lipinski definition) is 6. The highest BCUT2D eigenvalue weighted by Crippen LogP contribution is 2.36. The van der Waals surface area contributed by atoms with Crippen molar-refractivity contribution in [2.24, 2.45) is 10.9 Å². The molecule has 0 spiro atoms. The van der Waals surface area contributed by atoms with Gasteiger partial charge < -0.3 is 10.9 Å². The lowest BCUT2D eigenvalue weighted by Gasteiger charge is -2.20. The third-order valence-corrected chi connectivity index (χ3v) is 4.61. The number of nitrogens with zero attached hydrogens (tertiary/aromatic N) is 3. The first kappa shape index (κ1) is 14.6. The van der Waals surface area contributed by atoms with E-state index < -0.39 is 4.92 Å². The fraction of sp³-hybridized carbons (Fsp3) is 0.500. The predicted molar refractivity (Wildman–Crippen MR) is 76.1 cm³/mol. The molecule has 0 amide bonds. The molecule has 0 aromatic carbocycles. The highest BCUT2D eigenvalue weighted by Gasteiger charge is 2.23. The van der Waals surface area contributed by atoms with Gasteiger partial charge in [0.05, 0.1) is 4.92 Å². The molecule has 0 aliphatic heterocycles. The SMILES string of the molecule is NC(=NO)c1cnc(SC2CCCCC2)c([N+](=O)[O-])c1. The summed E-state index contributed by atoms with van der Waals surface area (Å²) in [7, 11) is 0. The van der Waals surface area contributed by atoms with Crippen molar-refractivity contribution >= 4 is 23.3 Å². The molecule has 2 rings (SSSR count). The maximum absolute atomic E-state index is 11.1. The van der Waals surface area contributed by atoms with E-state index in [1.165, 1.54) is 30.4 Å². The molecule has 20 heavy (non-hydrogen) atoms. The second-order valence-corrected chi connectivity index (χ2v) is 5.96. The minimum Gasteiger partial charge on any atom is -0.409 e. The van der Waals surface area contributed by atoms with Crippen LogP contribution < -0.4 is 5.73 Å². The molecule has 0 saturated heterocycles. The molecule has 1 aliphatic carbocycles. The van der Waals surface area contributed by atoms with E-state index in [4.69, 9.17) is 10.9 Å². The van der Waals surface area contributed by atoms with E-state index in [0.29, 0.717) is 10.3 Å². The molecular formula is C12H16N4O3S. The van der Waals surface area contributed by atoms with Crippen LogP contribution in [0.3, 0.4) is 0 Å². The van der Waals surface area contributed by atoms with Gasteiger partial charge in [0.15, 0.2) is 10.9 Å². The molecule has 0 bridgehead atoms. The summed E-state index contributed by atoms with van der Waals surface area (Å²) >= 11 is 1.45. The van der Waals surface area contributed by atoms with Gasteiger partial charge in [-0.25, -0.2) is 4.98 Å². The van der Waals surface area contributed by atoms with E-state index in [2.05, 4.69) is 10.1 Å². The van der Waals surface area contributed by atoms with Gasteiger partial charge in [0.25, 0.3) is 0 Å². The molecular weight excluding hydrogens is 280 g/mol. The molecule has 3 N–H and O–H groups in total. The third-order valence-electron chi connectivity index (χ3n) is 3.26. The van der Waals surface area contributed by atoms with E-state index in [9.17, 15) is 10.1 Å². The summed E-state index contributed by atoms with van der Waals surface area (Å²) < 4.78 is 0. The van der Waals surface area contributed by atoms with Crippen molar-refractivity contribution in [3.63, 3.8) is 0 Å². The normalized spacial score (nSPS) is 17.1. The quantitative estimate of drug-likeness (QED) is 0.290. The lowest BCUT2D eigenvalue weighted by molar-refractivity contribution is -0.388. The number of thioether (sulfide) groups is 1. The number of amidine groups is 1. The van der Waals surface area contributed by atoms with Crippen molar-refractivity contribution in [3.05, 3.63) is 27.9 Å². The minimum atomic E-state index is -0.480. The Bertz CT molecular complexity index is 529. The van der Waals surface area contributed by atoms with E-state index >= 15 is 0 Å². The number of oxime groups is 1. The first-order chi connectivity index (χ1) is 9.61. The summed E-state index contributed by atoms with van der Waals surface area (Å²) in [4.78, 5) is 14.8. The second-order valence-electron chi connectivity index (χ2n) is 4.67. The molecule has 8 heteroatoms. The number of rotatable bonds is 4. The van der Waals surface area contributed by atoms with Gasteiger partial charge in [0.2, 0.25) is 0 Å². The van der Waals surface area contributed by atoms with Crippen molar-refractivity contribution in [3.8, 4) is 0 Å². The minimum absolute atomic E-state index is 0.0929. The lowest BCUT2D eigenvalue weighted by Crippen LogP contribution is -2.14. The van der Waals surface area contributed by atoms with Crippen LogP contribution in [0, 0.1) is 10.1 Å². The number of nitro groups is 1. The highest BCUT2D eigenvalue weighted by atomic mass is 32.2. The molecule has 1 heterocycles. The Morgan fingerprint density at radius 1 is 1.50 bits per heavy atom. The smallest absolute Gasteiger partial charge is 0.302 e. The molecule has 1 aromatic heterocycles. The average molecular weight is 296 g/mol. The molecule has 7 nitrogen and oxygen atoms in total. The largest absolute Gasteiger partial charge is 0.409 e. The van der Waals surface area contributed by atoms with E-state index in [1.54, 1.807) is 0 Å². The summed E-state index contributed by atoms with van der Waals surface area (Å²) in [5, 5.41) is 23.4. The Morgan fingerprint density at radius 3 is 2.80 bits per heavy atom. The number of pyridine rings is 1. The fourth-order valence-corrected chi connectivity index (χ4v) is 3.45. The van der Waals surface area contributed by atoms with Crippen LogP contribution in [0.25, 0.3) is 0 Å². The van der Waals surface area contributed by atoms with Gasteiger partial charge in [-0.2, -0.15) is 0 Å². The van der Waals surface area contributed by atoms with Crippen molar-refractivity contribution in [1.82, 2.24) is 4.98 Å². The third kappa shape index (κ3) is 3.38. The maximum atomic E-state index is 11.1. The Labute approximate surface area is 120 Å². The van der Waals surface area contributed by atoms with Gasteiger partial charge in [-0.1, -0.05) is 36.2 Å². The summed E-state index contributed by atoms with van der Waals surface area (Å²) in [5.74, 6) is -0.185. The Hall–Kier alpha value is -1.83. The molecule has 1 aromatic rings. The second kappa shape index (κ2) is 6.56. The molecule has 0 radical (unpaired) electrons. The van der Waals surface area contributed by atoms with Gasteiger partial charge >= 0.3 is 5.69 Å². The molecule has 1 aliphatic rings. The van der Waals surface area contributed by atoms with Crippen LogP contribution in [-0.4, -0.2) is 26.2 Å². The van der Waals surface area contributed by atoms with Crippen LogP contribution in [0.2, 0.25) is 0 Å². The zero-order valence-corrected chi connectivity index (χ0v) is 11.7.